The summed E-state index contributed by atoms with van der Waals surface area (Å²) in [6.07, 6.45) is 5.59. The molecule has 0 atom stereocenters. The highest BCUT2D eigenvalue weighted by molar-refractivity contribution is 5.31. The predicted molar refractivity (Wildman–Crippen MR) is 71.4 cm³/mol. The van der Waals surface area contributed by atoms with E-state index in [1.807, 2.05) is 6.92 Å². The van der Waals surface area contributed by atoms with Crippen LogP contribution in [0.5, 0.6) is 0 Å². The first-order chi connectivity index (χ1) is 8.44. The normalized spacial score (nSPS) is 21.8. The molecule has 102 valence electrons. The van der Waals surface area contributed by atoms with E-state index >= 15 is 0 Å². The number of anilines is 1. The van der Waals surface area contributed by atoms with Gasteiger partial charge < -0.3 is 10.4 Å². The molecule has 1 aliphatic carbocycles. The Labute approximate surface area is 109 Å². The van der Waals surface area contributed by atoms with Gasteiger partial charge in [0.25, 0.3) is 0 Å². The van der Waals surface area contributed by atoms with E-state index in [1.54, 1.807) is 10.9 Å². The minimum absolute atomic E-state index is 0.374. The Hall–Kier alpha value is -1.10. The second-order valence-electron chi connectivity index (χ2n) is 6.18. The van der Waals surface area contributed by atoms with Crippen molar-refractivity contribution >= 4 is 5.82 Å². The van der Waals surface area contributed by atoms with Gasteiger partial charge in [0.05, 0.1) is 11.8 Å². The van der Waals surface area contributed by atoms with Crippen molar-refractivity contribution in [2.45, 2.75) is 58.6 Å². The molecule has 0 unspecified atom stereocenters. The lowest BCUT2D eigenvalue weighted by Gasteiger charge is -2.40. The molecule has 1 aromatic heterocycles. The summed E-state index contributed by atoms with van der Waals surface area (Å²) in [5.41, 5.74) is -0.211. The average Bonchev–Trinajstić information content (AvgIpc) is 2.79. The molecule has 1 aliphatic rings. The fourth-order valence-corrected chi connectivity index (χ4v) is 2.45. The number of nitrogens with one attached hydrogen (secondary N) is 1. The first-order valence-electron chi connectivity index (χ1n) is 6.79. The van der Waals surface area contributed by atoms with Crippen molar-refractivity contribution in [2.24, 2.45) is 5.41 Å². The van der Waals surface area contributed by atoms with Crippen LogP contribution in [0.25, 0.3) is 0 Å². The Balaban J connectivity index is 1.90. The highest BCUT2D eigenvalue weighted by Gasteiger charge is 2.36. The minimum Gasteiger partial charge on any atom is -0.388 e. The maximum Gasteiger partial charge on any atom is 0.144 e. The topological polar surface area (TPSA) is 63.0 Å². The van der Waals surface area contributed by atoms with Gasteiger partial charge in [-0.2, -0.15) is 0 Å². The second-order valence-corrected chi connectivity index (χ2v) is 6.18. The van der Waals surface area contributed by atoms with Crippen LogP contribution >= 0.6 is 0 Å². The van der Waals surface area contributed by atoms with Crippen LogP contribution in [0.2, 0.25) is 0 Å². The Bertz CT molecular complexity index is 389. The van der Waals surface area contributed by atoms with Gasteiger partial charge in [0.15, 0.2) is 0 Å². The van der Waals surface area contributed by atoms with E-state index in [-0.39, 0.29) is 0 Å². The fraction of sp³-hybridized carbons (Fsp3) is 0.846. The standard InChI is InChI=1S/C13H24N4O/c1-4-17-11(9-15-16-17)14-10-13(18)7-5-12(2,3)6-8-13/h9,14,18H,4-8,10H2,1-3H3. The van der Waals surface area contributed by atoms with Crippen LogP contribution in [0, 0.1) is 5.41 Å². The molecular formula is C13H24N4O. The lowest BCUT2D eigenvalue weighted by atomic mass is 9.71. The molecule has 1 aromatic rings. The maximum absolute atomic E-state index is 10.6. The number of nitrogens with zero attached hydrogens (tertiary/aromatic N) is 3. The molecule has 0 aliphatic heterocycles. The predicted octanol–water partition coefficient (Wildman–Crippen LogP) is 2.04. The number of aromatic nitrogens is 3. The van der Waals surface area contributed by atoms with Crippen LogP contribution in [0.1, 0.15) is 46.5 Å². The van der Waals surface area contributed by atoms with E-state index in [9.17, 15) is 5.11 Å². The van der Waals surface area contributed by atoms with Gasteiger partial charge in [-0.3, -0.25) is 0 Å². The van der Waals surface area contributed by atoms with Crippen molar-refractivity contribution < 1.29 is 5.11 Å². The summed E-state index contributed by atoms with van der Waals surface area (Å²) in [7, 11) is 0. The number of rotatable bonds is 4. The van der Waals surface area contributed by atoms with Gasteiger partial charge >= 0.3 is 0 Å². The SMILES string of the molecule is CCn1nncc1NCC1(O)CCC(C)(C)CC1. The summed E-state index contributed by atoms with van der Waals surface area (Å²) >= 11 is 0. The van der Waals surface area contributed by atoms with Gasteiger partial charge in [-0.1, -0.05) is 19.1 Å². The quantitative estimate of drug-likeness (QED) is 0.861. The number of aryl methyl sites for hydroxylation is 1. The van der Waals surface area contributed by atoms with E-state index in [2.05, 4.69) is 29.5 Å². The average molecular weight is 252 g/mol. The molecule has 0 bridgehead atoms. The molecule has 5 nitrogen and oxygen atoms in total. The molecule has 0 spiro atoms. The summed E-state index contributed by atoms with van der Waals surface area (Å²) in [6, 6.07) is 0. The van der Waals surface area contributed by atoms with Crippen LogP contribution in [0.3, 0.4) is 0 Å². The molecule has 0 amide bonds. The zero-order valence-corrected chi connectivity index (χ0v) is 11.6. The molecule has 1 saturated carbocycles. The first-order valence-corrected chi connectivity index (χ1v) is 6.79. The van der Waals surface area contributed by atoms with Gasteiger partial charge in [0.2, 0.25) is 0 Å². The molecule has 5 heteroatoms. The highest BCUT2D eigenvalue weighted by atomic mass is 16.3. The molecule has 18 heavy (non-hydrogen) atoms. The van der Waals surface area contributed by atoms with E-state index in [4.69, 9.17) is 0 Å². The van der Waals surface area contributed by atoms with Gasteiger partial charge in [-0.15, -0.1) is 5.10 Å². The molecule has 2 rings (SSSR count). The van der Waals surface area contributed by atoms with Crippen molar-refractivity contribution in [1.82, 2.24) is 15.0 Å². The smallest absolute Gasteiger partial charge is 0.144 e. The first kappa shape index (κ1) is 13.3. The second kappa shape index (κ2) is 4.88. The number of hydrogen-bond acceptors (Lipinski definition) is 4. The summed E-state index contributed by atoms with van der Waals surface area (Å²) in [5.74, 6) is 0.885. The van der Waals surface area contributed by atoms with Crippen molar-refractivity contribution in [1.29, 1.82) is 0 Å². The largest absolute Gasteiger partial charge is 0.388 e. The third-order valence-corrected chi connectivity index (χ3v) is 4.05. The summed E-state index contributed by atoms with van der Waals surface area (Å²) in [4.78, 5) is 0. The summed E-state index contributed by atoms with van der Waals surface area (Å²) in [5, 5.41) is 21.7. The fourth-order valence-electron chi connectivity index (χ4n) is 2.45. The Morgan fingerprint density at radius 3 is 2.61 bits per heavy atom. The maximum atomic E-state index is 10.6. The van der Waals surface area contributed by atoms with E-state index < -0.39 is 5.60 Å². The van der Waals surface area contributed by atoms with Crippen molar-refractivity contribution in [3.8, 4) is 0 Å². The van der Waals surface area contributed by atoms with Crippen molar-refractivity contribution in [3.05, 3.63) is 6.20 Å². The van der Waals surface area contributed by atoms with E-state index in [0.29, 0.717) is 12.0 Å². The molecule has 0 radical (unpaired) electrons. The monoisotopic (exact) mass is 252 g/mol. The molecule has 2 N–H and O–H groups in total. The summed E-state index contributed by atoms with van der Waals surface area (Å²) < 4.78 is 1.80. The van der Waals surface area contributed by atoms with Crippen LogP contribution in [0.15, 0.2) is 6.20 Å². The van der Waals surface area contributed by atoms with Crippen molar-refractivity contribution in [2.75, 3.05) is 11.9 Å². The molecule has 0 saturated heterocycles. The Morgan fingerprint density at radius 1 is 1.33 bits per heavy atom. The van der Waals surface area contributed by atoms with Crippen LogP contribution in [0.4, 0.5) is 5.82 Å². The lowest BCUT2D eigenvalue weighted by Crippen LogP contribution is -2.42. The van der Waals surface area contributed by atoms with Gasteiger partial charge in [-0.25, -0.2) is 4.68 Å². The Kier molecular flexibility index (Phi) is 3.61. The van der Waals surface area contributed by atoms with Crippen LogP contribution in [-0.2, 0) is 6.54 Å². The zero-order valence-electron chi connectivity index (χ0n) is 11.6. The Morgan fingerprint density at radius 2 is 2.00 bits per heavy atom. The number of aliphatic hydroxyl groups is 1. The minimum atomic E-state index is -0.585. The van der Waals surface area contributed by atoms with Crippen LogP contribution in [-0.4, -0.2) is 32.2 Å². The number of hydrogen-bond donors (Lipinski definition) is 2. The highest BCUT2D eigenvalue weighted by Crippen LogP contribution is 2.40. The van der Waals surface area contributed by atoms with E-state index in [1.165, 1.54) is 0 Å². The van der Waals surface area contributed by atoms with Crippen molar-refractivity contribution in [3.63, 3.8) is 0 Å². The van der Waals surface area contributed by atoms with Gasteiger partial charge in [0.1, 0.15) is 5.82 Å². The molecule has 1 heterocycles. The van der Waals surface area contributed by atoms with Gasteiger partial charge in [-0.05, 0) is 38.0 Å². The third kappa shape index (κ3) is 3.02. The third-order valence-electron chi connectivity index (χ3n) is 4.05. The lowest BCUT2D eigenvalue weighted by molar-refractivity contribution is -0.0146. The zero-order chi connectivity index (χ0) is 13.2. The van der Waals surface area contributed by atoms with E-state index in [0.717, 1.165) is 38.0 Å². The molecule has 0 aromatic carbocycles. The van der Waals surface area contributed by atoms with Crippen LogP contribution < -0.4 is 5.32 Å². The molecule has 1 fully saturated rings. The van der Waals surface area contributed by atoms with Gasteiger partial charge in [0, 0.05) is 13.1 Å². The summed E-state index contributed by atoms with van der Waals surface area (Å²) in [6.45, 7) is 7.94. The molecular weight excluding hydrogens is 228 g/mol.